The first kappa shape index (κ1) is 12.0. The van der Waals surface area contributed by atoms with Gasteiger partial charge in [-0.25, -0.2) is 0 Å². The number of esters is 1. The van der Waals surface area contributed by atoms with Crippen LogP contribution in [0.15, 0.2) is 24.3 Å². The van der Waals surface area contributed by atoms with Crippen molar-refractivity contribution in [2.75, 3.05) is 5.73 Å². The predicted octanol–water partition coefficient (Wildman–Crippen LogP) is 2.69. The summed E-state index contributed by atoms with van der Waals surface area (Å²) in [6.07, 6.45) is 6.16. The van der Waals surface area contributed by atoms with Crippen molar-refractivity contribution in [3.05, 3.63) is 29.8 Å². The normalized spacial score (nSPS) is 16.7. The zero-order valence-electron chi connectivity index (χ0n) is 10.0. The minimum Gasteiger partial charge on any atom is -0.462 e. The number of rotatable bonds is 3. The average Bonchev–Trinajstić information content (AvgIpc) is 2.33. The SMILES string of the molecule is Nc1ccc(CC(=O)OC2CCCCC2)cc1. The minimum absolute atomic E-state index is 0.123. The summed E-state index contributed by atoms with van der Waals surface area (Å²) < 4.78 is 5.46. The van der Waals surface area contributed by atoms with Crippen LogP contribution in [0.25, 0.3) is 0 Å². The van der Waals surface area contributed by atoms with Gasteiger partial charge in [-0.15, -0.1) is 0 Å². The first-order valence-electron chi connectivity index (χ1n) is 6.28. The molecule has 0 unspecified atom stereocenters. The van der Waals surface area contributed by atoms with E-state index in [-0.39, 0.29) is 12.1 Å². The summed E-state index contributed by atoms with van der Waals surface area (Å²) in [7, 11) is 0. The summed E-state index contributed by atoms with van der Waals surface area (Å²) in [5.74, 6) is -0.123. The summed E-state index contributed by atoms with van der Waals surface area (Å²) >= 11 is 0. The third-order valence-electron chi connectivity index (χ3n) is 3.18. The Morgan fingerprint density at radius 2 is 1.82 bits per heavy atom. The van der Waals surface area contributed by atoms with Crippen molar-refractivity contribution >= 4 is 11.7 Å². The van der Waals surface area contributed by atoms with Crippen molar-refractivity contribution in [2.45, 2.75) is 44.6 Å². The molecule has 1 saturated carbocycles. The van der Waals surface area contributed by atoms with E-state index in [1.807, 2.05) is 24.3 Å². The zero-order valence-corrected chi connectivity index (χ0v) is 10.0. The van der Waals surface area contributed by atoms with Crippen LogP contribution in [0, 0.1) is 0 Å². The van der Waals surface area contributed by atoms with Gasteiger partial charge in [0.15, 0.2) is 0 Å². The highest BCUT2D eigenvalue weighted by Crippen LogP contribution is 2.20. The smallest absolute Gasteiger partial charge is 0.310 e. The zero-order chi connectivity index (χ0) is 12.1. The van der Waals surface area contributed by atoms with Crippen LogP contribution in [-0.2, 0) is 16.0 Å². The maximum absolute atomic E-state index is 11.7. The Bertz CT molecular complexity index is 366. The van der Waals surface area contributed by atoms with Gasteiger partial charge in [0.1, 0.15) is 6.10 Å². The summed E-state index contributed by atoms with van der Waals surface area (Å²) in [4.78, 5) is 11.7. The quantitative estimate of drug-likeness (QED) is 0.645. The number of benzene rings is 1. The summed E-state index contributed by atoms with van der Waals surface area (Å²) in [6.45, 7) is 0. The second-order valence-corrected chi connectivity index (χ2v) is 4.67. The monoisotopic (exact) mass is 233 g/mol. The molecule has 0 aromatic heterocycles. The number of hydrogen-bond donors (Lipinski definition) is 1. The molecule has 0 bridgehead atoms. The van der Waals surface area contributed by atoms with Gasteiger partial charge in [-0.1, -0.05) is 18.6 Å². The van der Waals surface area contributed by atoms with Crippen LogP contribution >= 0.6 is 0 Å². The Morgan fingerprint density at radius 3 is 2.47 bits per heavy atom. The standard InChI is InChI=1S/C14H19NO2/c15-12-8-6-11(7-9-12)10-14(16)17-13-4-2-1-3-5-13/h6-9,13H,1-5,10,15H2. The van der Waals surface area contributed by atoms with Crippen molar-refractivity contribution in [3.8, 4) is 0 Å². The Kier molecular flexibility index (Phi) is 4.02. The molecule has 0 atom stereocenters. The fourth-order valence-electron chi connectivity index (χ4n) is 2.21. The number of anilines is 1. The van der Waals surface area contributed by atoms with Crippen LogP contribution < -0.4 is 5.73 Å². The molecule has 92 valence electrons. The van der Waals surface area contributed by atoms with Gasteiger partial charge in [-0.3, -0.25) is 4.79 Å². The molecule has 3 nitrogen and oxygen atoms in total. The third-order valence-corrected chi connectivity index (χ3v) is 3.18. The molecule has 0 aliphatic heterocycles. The summed E-state index contributed by atoms with van der Waals surface area (Å²) in [6, 6.07) is 7.36. The Morgan fingerprint density at radius 1 is 1.18 bits per heavy atom. The van der Waals surface area contributed by atoms with E-state index in [9.17, 15) is 4.79 Å². The van der Waals surface area contributed by atoms with Gasteiger partial charge >= 0.3 is 5.97 Å². The van der Waals surface area contributed by atoms with E-state index >= 15 is 0 Å². The van der Waals surface area contributed by atoms with Gasteiger partial charge in [0.25, 0.3) is 0 Å². The number of ether oxygens (including phenoxy) is 1. The summed E-state index contributed by atoms with van der Waals surface area (Å²) in [5.41, 5.74) is 7.27. The highest BCUT2D eigenvalue weighted by molar-refractivity contribution is 5.72. The van der Waals surface area contributed by atoms with E-state index in [4.69, 9.17) is 10.5 Å². The molecule has 1 aliphatic carbocycles. The molecule has 3 heteroatoms. The number of nitrogens with two attached hydrogens (primary N) is 1. The highest BCUT2D eigenvalue weighted by atomic mass is 16.5. The van der Waals surface area contributed by atoms with Gasteiger partial charge < -0.3 is 10.5 Å². The maximum atomic E-state index is 11.7. The second kappa shape index (κ2) is 5.71. The van der Waals surface area contributed by atoms with Crippen molar-refractivity contribution in [3.63, 3.8) is 0 Å². The van der Waals surface area contributed by atoms with Crippen LogP contribution in [0.2, 0.25) is 0 Å². The Balaban J connectivity index is 1.82. The molecular weight excluding hydrogens is 214 g/mol. The van der Waals surface area contributed by atoms with Crippen LogP contribution in [0.3, 0.4) is 0 Å². The topological polar surface area (TPSA) is 52.3 Å². The third kappa shape index (κ3) is 3.77. The first-order valence-corrected chi connectivity index (χ1v) is 6.28. The number of carbonyl (C=O) groups excluding carboxylic acids is 1. The van der Waals surface area contributed by atoms with Crippen molar-refractivity contribution in [2.24, 2.45) is 0 Å². The second-order valence-electron chi connectivity index (χ2n) is 4.67. The molecule has 0 spiro atoms. The Hall–Kier alpha value is -1.51. The van der Waals surface area contributed by atoms with Crippen molar-refractivity contribution in [1.29, 1.82) is 0 Å². The fourth-order valence-corrected chi connectivity index (χ4v) is 2.21. The molecule has 1 aromatic rings. The minimum atomic E-state index is -0.123. The fraction of sp³-hybridized carbons (Fsp3) is 0.500. The lowest BCUT2D eigenvalue weighted by atomic mass is 9.98. The van der Waals surface area contributed by atoms with Gasteiger partial charge in [0.2, 0.25) is 0 Å². The average molecular weight is 233 g/mol. The molecule has 1 aliphatic rings. The lowest BCUT2D eigenvalue weighted by Gasteiger charge is -2.21. The predicted molar refractivity (Wildman–Crippen MR) is 67.5 cm³/mol. The van der Waals surface area contributed by atoms with Gasteiger partial charge in [0.05, 0.1) is 6.42 Å². The molecule has 2 N–H and O–H groups in total. The molecular formula is C14H19NO2. The van der Waals surface area contributed by atoms with Gasteiger partial charge in [0, 0.05) is 5.69 Å². The van der Waals surface area contributed by atoms with Crippen molar-refractivity contribution < 1.29 is 9.53 Å². The van der Waals surface area contributed by atoms with E-state index in [1.54, 1.807) is 0 Å². The van der Waals surface area contributed by atoms with Gasteiger partial charge in [-0.2, -0.15) is 0 Å². The lowest BCUT2D eigenvalue weighted by molar-refractivity contribution is -0.149. The molecule has 0 radical (unpaired) electrons. The molecule has 0 heterocycles. The molecule has 0 saturated heterocycles. The van der Waals surface area contributed by atoms with E-state index in [2.05, 4.69) is 0 Å². The number of nitrogen functional groups attached to an aromatic ring is 1. The molecule has 17 heavy (non-hydrogen) atoms. The summed E-state index contributed by atoms with van der Waals surface area (Å²) in [5, 5.41) is 0. The van der Waals surface area contributed by atoms with Crippen LogP contribution in [0.5, 0.6) is 0 Å². The highest BCUT2D eigenvalue weighted by Gasteiger charge is 2.17. The largest absolute Gasteiger partial charge is 0.462 e. The lowest BCUT2D eigenvalue weighted by Crippen LogP contribution is -2.21. The van der Waals surface area contributed by atoms with E-state index in [0.717, 1.165) is 24.1 Å². The molecule has 1 aromatic carbocycles. The number of carbonyl (C=O) groups is 1. The van der Waals surface area contributed by atoms with Crippen LogP contribution in [0.1, 0.15) is 37.7 Å². The van der Waals surface area contributed by atoms with Gasteiger partial charge in [-0.05, 0) is 43.4 Å². The van der Waals surface area contributed by atoms with E-state index in [1.165, 1.54) is 19.3 Å². The molecule has 0 amide bonds. The van der Waals surface area contributed by atoms with Crippen LogP contribution in [-0.4, -0.2) is 12.1 Å². The van der Waals surface area contributed by atoms with E-state index < -0.39 is 0 Å². The first-order chi connectivity index (χ1) is 8.24. The van der Waals surface area contributed by atoms with Crippen molar-refractivity contribution in [1.82, 2.24) is 0 Å². The van der Waals surface area contributed by atoms with Crippen LogP contribution in [0.4, 0.5) is 5.69 Å². The van der Waals surface area contributed by atoms with E-state index in [0.29, 0.717) is 6.42 Å². The molecule has 1 fully saturated rings. The number of hydrogen-bond acceptors (Lipinski definition) is 3. The maximum Gasteiger partial charge on any atom is 0.310 e. The molecule has 2 rings (SSSR count). The Labute approximate surface area is 102 Å².